The van der Waals surface area contributed by atoms with Crippen molar-refractivity contribution in [2.24, 2.45) is 0 Å². The number of fused-ring (bicyclic) bond motifs is 1. The molecule has 0 spiro atoms. The maximum absolute atomic E-state index is 10.9. The van der Waals surface area contributed by atoms with E-state index in [0.29, 0.717) is 10.9 Å². The fraction of sp³-hybridized carbons (Fsp3) is 0.357. The Kier molecular flexibility index (Phi) is 4.35. The lowest BCUT2D eigenvalue weighted by atomic mass is 10.0. The molecule has 0 aliphatic heterocycles. The molecule has 106 valence electrons. The molecular formula is C14H15NO3S2. The van der Waals surface area contributed by atoms with Crippen molar-refractivity contribution in [2.75, 3.05) is 0 Å². The van der Waals surface area contributed by atoms with Crippen LogP contribution in [0.2, 0.25) is 0 Å². The predicted octanol–water partition coefficient (Wildman–Crippen LogP) is 3.86. The molecule has 20 heavy (non-hydrogen) atoms. The Labute approximate surface area is 126 Å². The summed E-state index contributed by atoms with van der Waals surface area (Å²) < 4.78 is 0.984. The van der Waals surface area contributed by atoms with Crippen molar-refractivity contribution in [1.82, 2.24) is 4.98 Å². The molecule has 1 atom stereocenters. The number of thiazole rings is 1. The predicted molar refractivity (Wildman–Crippen MR) is 83.9 cm³/mol. The van der Waals surface area contributed by atoms with Gasteiger partial charge in [0.1, 0.15) is 5.01 Å². The highest BCUT2D eigenvalue weighted by molar-refractivity contribution is 7.80. The quantitative estimate of drug-likeness (QED) is 0.821. The molecule has 0 bridgehead atoms. The van der Waals surface area contributed by atoms with Crippen LogP contribution in [0.4, 0.5) is 0 Å². The standard InChI is InChI=1S/C14H15NO3S2/c1-7(2)8-4-3-5-10-12(8)15-13(20-10)9(14(18)19)6-11(16)17/h3-5,7,9H,6H2,1-2H3,(H,16,17)(H,18,19). The van der Waals surface area contributed by atoms with Gasteiger partial charge in [0.25, 0.3) is 0 Å². The minimum atomic E-state index is -1.00. The molecule has 0 amide bonds. The van der Waals surface area contributed by atoms with Gasteiger partial charge in [-0.2, -0.15) is 0 Å². The first-order chi connectivity index (χ1) is 9.40. The molecule has 1 unspecified atom stereocenters. The van der Waals surface area contributed by atoms with E-state index in [1.807, 2.05) is 18.2 Å². The van der Waals surface area contributed by atoms with E-state index in [1.165, 1.54) is 11.3 Å². The molecule has 1 heterocycles. The molecule has 2 rings (SSSR count). The smallest absolute Gasteiger partial charge is 0.304 e. The third kappa shape index (κ3) is 2.96. The molecule has 2 N–H and O–H groups in total. The van der Waals surface area contributed by atoms with Gasteiger partial charge in [0, 0.05) is 0 Å². The number of carbonyl (C=O) groups is 1. The van der Waals surface area contributed by atoms with Crippen LogP contribution in [0.1, 0.15) is 42.7 Å². The number of carboxylic acids is 1. The Morgan fingerprint density at radius 1 is 1.40 bits per heavy atom. The Hall–Kier alpha value is -1.53. The SMILES string of the molecule is CC(C)c1cccc2sc(C(CC(=O)O)C(O)=S)nc12. The summed E-state index contributed by atoms with van der Waals surface area (Å²) in [5.41, 5.74) is 1.98. The van der Waals surface area contributed by atoms with Crippen molar-refractivity contribution in [3.8, 4) is 0 Å². The van der Waals surface area contributed by atoms with Gasteiger partial charge < -0.3 is 10.2 Å². The molecule has 0 aliphatic rings. The van der Waals surface area contributed by atoms with Crippen molar-refractivity contribution in [3.63, 3.8) is 0 Å². The van der Waals surface area contributed by atoms with Crippen LogP contribution in [-0.2, 0) is 4.79 Å². The number of aromatic nitrogens is 1. The van der Waals surface area contributed by atoms with Gasteiger partial charge in [-0.05, 0) is 29.8 Å². The summed E-state index contributed by atoms with van der Waals surface area (Å²) in [5, 5.41) is 18.7. The van der Waals surface area contributed by atoms with E-state index in [9.17, 15) is 9.90 Å². The Morgan fingerprint density at radius 2 is 2.10 bits per heavy atom. The second-order valence-electron chi connectivity index (χ2n) is 4.89. The number of carboxylic acid groups (broad SMARTS) is 1. The summed E-state index contributed by atoms with van der Waals surface area (Å²) in [7, 11) is 0. The number of benzene rings is 1. The van der Waals surface area contributed by atoms with Gasteiger partial charge in [-0.15, -0.1) is 11.3 Å². The molecule has 0 saturated heterocycles. The topological polar surface area (TPSA) is 70.4 Å². The fourth-order valence-corrected chi connectivity index (χ4v) is 3.43. The maximum atomic E-state index is 10.9. The average molecular weight is 309 g/mol. The third-order valence-corrected chi connectivity index (χ3v) is 4.48. The van der Waals surface area contributed by atoms with Crippen LogP contribution < -0.4 is 0 Å². The summed E-state index contributed by atoms with van der Waals surface area (Å²) >= 11 is 6.15. The summed E-state index contributed by atoms with van der Waals surface area (Å²) in [5.74, 6) is -1.40. The summed E-state index contributed by atoms with van der Waals surface area (Å²) in [6.45, 7) is 4.17. The van der Waals surface area contributed by atoms with E-state index in [0.717, 1.165) is 15.8 Å². The molecule has 0 radical (unpaired) electrons. The fourth-order valence-electron chi connectivity index (χ4n) is 2.06. The van der Waals surface area contributed by atoms with Crippen LogP contribution in [0.3, 0.4) is 0 Å². The normalized spacial score (nSPS) is 12.8. The van der Waals surface area contributed by atoms with Crippen LogP contribution in [-0.4, -0.2) is 26.2 Å². The van der Waals surface area contributed by atoms with Crippen molar-refractivity contribution < 1.29 is 15.0 Å². The second kappa shape index (κ2) is 5.85. The zero-order chi connectivity index (χ0) is 14.9. The molecular weight excluding hydrogens is 294 g/mol. The molecule has 1 aromatic heterocycles. The largest absolute Gasteiger partial charge is 0.501 e. The molecule has 6 heteroatoms. The highest BCUT2D eigenvalue weighted by Crippen LogP contribution is 2.33. The molecule has 0 aliphatic carbocycles. The van der Waals surface area contributed by atoms with Crippen molar-refractivity contribution in [2.45, 2.75) is 32.1 Å². The van der Waals surface area contributed by atoms with Crippen LogP contribution in [0.15, 0.2) is 18.2 Å². The maximum Gasteiger partial charge on any atom is 0.304 e. The zero-order valence-corrected chi connectivity index (χ0v) is 12.8. The van der Waals surface area contributed by atoms with E-state index in [2.05, 4.69) is 18.8 Å². The van der Waals surface area contributed by atoms with E-state index in [-0.39, 0.29) is 11.5 Å². The number of hydrogen-bond acceptors (Lipinski definition) is 4. The number of thiocarbonyl (C=S) groups is 1. The number of nitrogens with zero attached hydrogens (tertiary/aromatic N) is 1. The number of para-hydroxylation sites is 1. The summed E-state index contributed by atoms with van der Waals surface area (Å²) in [6, 6.07) is 5.92. The molecule has 2 aromatic rings. The number of rotatable bonds is 5. The third-order valence-electron chi connectivity index (χ3n) is 3.06. The molecule has 0 saturated carbocycles. The van der Waals surface area contributed by atoms with E-state index < -0.39 is 11.9 Å². The zero-order valence-electron chi connectivity index (χ0n) is 11.2. The van der Waals surface area contributed by atoms with Crippen molar-refractivity contribution in [3.05, 3.63) is 28.8 Å². The van der Waals surface area contributed by atoms with Gasteiger partial charge in [-0.1, -0.05) is 26.0 Å². The monoisotopic (exact) mass is 309 g/mol. The Bertz CT molecular complexity index is 663. The second-order valence-corrected chi connectivity index (χ2v) is 6.37. The first kappa shape index (κ1) is 14.9. The minimum absolute atomic E-state index is 0.244. The minimum Gasteiger partial charge on any atom is -0.501 e. The highest BCUT2D eigenvalue weighted by Gasteiger charge is 2.24. The van der Waals surface area contributed by atoms with Crippen LogP contribution in [0.25, 0.3) is 10.2 Å². The van der Waals surface area contributed by atoms with Crippen LogP contribution in [0.5, 0.6) is 0 Å². The molecule has 4 nitrogen and oxygen atoms in total. The highest BCUT2D eigenvalue weighted by atomic mass is 32.1. The first-order valence-electron chi connectivity index (χ1n) is 6.24. The lowest BCUT2D eigenvalue weighted by Crippen LogP contribution is -2.14. The molecule has 1 aromatic carbocycles. The lowest BCUT2D eigenvalue weighted by molar-refractivity contribution is -0.137. The summed E-state index contributed by atoms with van der Waals surface area (Å²) in [6.07, 6.45) is -0.244. The van der Waals surface area contributed by atoms with Gasteiger partial charge in [0.2, 0.25) is 0 Å². The average Bonchev–Trinajstić information content (AvgIpc) is 2.77. The Morgan fingerprint density at radius 3 is 2.65 bits per heavy atom. The van der Waals surface area contributed by atoms with E-state index in [1.54, 1.807) is 0 Å². The first-order valence-corrected chi connectivity index (χ1v) is 7.46. The van der Waals surface area contributed by atoms with Crippen molar-refractivity contribution >= 4 is 44.8 Å². The van der Waals surface area contributed by atoms with Crippen LogP contribution >= 0.6 is 23.6 Å². The number of aliphatic hydroxyl groups is 1. The van der Waals surface area contributed by atoms with Gasteiger partial charge in [-0.25, -0.2) is 4.98 Å². The number of hydrogen-bond donors (Lipinski definition) is 2. The number of aliphatic carboxylic acids is 1. The number of aliphatic hydroxyl groups excluding tert-OH is 1. The van der Waals surface area contributed by atoms with Gasteiger partial charge in [0.15, 0.2) is 5.05 Å². The molecule has 0 fully saturated rings. The van der Waals surface area contributed by atoms with Crippen molar-refractivity contribution in [1.29, 1.82) is 0 Å². The lowest BCUT2D eigenvalue weighted by Gasteiger charge is -2.08. The van der Waals surface area contributed by atoms with Gasteiger partial charge in [0.05, 0.1) is 22.6 Å². The van der Waals surface area contributed by atoms with Crippen LogP contribution in [0, 0.1) is 0 Å². The summed E-state index contributed by atoms with van der Waals surface area (Å²) in [4.78, 5) is 15.4. The van der Waals surface area contributed by atoms with E-state index >= 15 is 0 Å². The van der Waals surface area contributed by atoms with E-state index in [4.69, 9.17) is 17.3 Å². The van der Waals surface area contributed by atoms with Gasteiger partial charge in [-0.3, -0.25) is 4.79 Å². The van der Waals surface area contributed by atoms with Gasteiger partial charge >= 0.3 is 5.97 Å². The Balaban J connectivity index is 2.52.